The maximum Gasteiger partial charge on any atom is 0.222 e. The van der Waals surface area contributed by atoms with Gasteiger partial charge in [-0.3, -0.25) is 19.3 Å². The van der Waals surface area contributed by atoms with Crippen LogP contribution in [0, 0.1) is 5.92 Å². The minimum Gasteiger partial charge on any atom is -0.342 e. The van der Waals surface area contributed by atoms with Gasteiger partial charge in [-0.2, -0.15) is 5.10 Å². The van der Waals surface area contributed by atoms with E-state index in [0.29, 0.717) is 11.9 Å². The minimum absolute atomic E-state index is 0.390. The average molecular weight is 346 g/mol. The first-order valence-electron chi connectivity index (χ1n) is 9.84. The predicted molar refractivity (Wildman–Crippen MR) is 95.0 cm³/mol. The third-order valence-electron chi connectivity index (χ3n) is 5.99. The molecule has 2 aliphatic heterocycles. The maximum absolute atomic E-state index is 12.3. The van der Waals surface area contributed by atoms with Gasteiger partial charge in [0.2, 0.25) is 5.91 Å². The van der Waals surface area contributed by atoms with Crippen LogP contribution in [-0.4, -0.2) is 87.2 Å². The molecule has 2 saturated heterocycles. The number of aromatic nitrogens is 3. The van der Waals surface area contributed by atoms with Crippen LogP contribution in [-0.2, 0) is 11.3 Å². The Bertz CT molecular complexity index is 550. The van der Waals surface area contributed by atoms with E-state index in [4.69, 9.17) is 0 Å². The summed E-state index contributed by atoms with van der Waals surface area (Å²) in [6, 6.07) is 0.589. The second-order valence-corrected chi connectivity index (χ2v) is 7.80. The van der Waals surface area contributed by atoms with Crippen LogP contribution in [0.2, 0.25) is 0 Å². The molecule has 0 radical (unpaired) electrons. The van der Waals surface area contributed by atoms with Gasteiger partial charge in [-0.25, -0.2) is 4.98 Å². The Kier molecular flexibility index (Phi) is 5.31. The summed E-state index contributed by atoms with van der Waals surface area (Å²) in [7, 11) is 0. The van der Waals surface area contributed by atoms with Gasteiger partial charge in [-0.1, -0.05) is 0 Å². The van der Waals surface area contributed by atoms with Gasteiger partial charge < -0.3 is 4.90 Å². The fraction of sp³-hybridized carbons (Fsp3) is 0.833. The second kappa shape index (κ2) is 7.83. The number of likely N-dealkylation sites (tertiary alicyclic amines) is 1. The van der Waals surface area contributed by atoms with Crippen LogP contribution in [0.15, 0.2) is 12.7 Å². The first-order chi connectivity index (χ1) is 12.3. The van der Waals surface area contributed by atoms with E-state index in [2.05, 4.69) is 24.8 Å². The Labute approximate surface area is 150 Å². The summed E-state index contributed by atoms with van der Waals surface area (Å²) in [5, 5.41) is 4.17. The Morgan fingerprint density at radius 3 is 2.56 bits per heavy atom. The van der Waals surface area contributed by atoms with Crippen molar-refractivity contribution in [1.29, 1.82) is 0 Å². The Balaban J connectivity index is 1.21. The lowest BCUT2D eigenvalue weighted by Crippen LogP contribution is -2.51. The molecule has 1 aromatic rings. The molecule has 3 aliphatic rings. The van der Waals surface area contributed by atoms with Crippen molar-refractivity contribution in [1.82, 2.24) is 29.5 Å². The zero-order valence-electron chi connectivity index (χ0n) is 15.1. The number of carbonyl (C=O) groups is 1. The van der Waals surface area contributed by atoms with Gasteiger partial charge in [0.05, 0.1) is 6.54 Å². The fourth-order valence-corrected chi connectivity index (χ4v) is 4.14. The SMILES string of the molecule is O=C1CCC(N2CCN(CCn3cncn3)CC2)CCN1CC1CC1. The number of rotatable bonds is 6. The molecule has 138 valence electrons. The van der Waals surface area contributed by atoms with E-state index < -0.39 is 0 Å². The van der Waals surface area contributed by atoms with Crippen molar-refractivity contribution in [3.8, 4) is 0 Å². The number of nitrogens with zero attached hydrogens (tertiary/aromatic N) is 6. The monoisotopic (exact) mass is 346 g/mol. The molecule has 4 rings (SSSR count). The average Bonchev–Trinajstić information content (AvgIpc) is 3.34. The van der Waals surface area contributed by atoms with Gasteiger partial charge in [0.15, 0.2) is 0 Å². The standard InChI is InChI=1S/C18H30N6O/c25-18-4-3-17(5-6-23(18)13-16-1-2-16)22-10-7-21(8-11-22)9-12-24-15-19-14-20-24/h14-17H,1-13H2. The van der Waals surface area contributed by atoms with E-state index in [1.54, 1.807) is 12.7 Å². The summed E-state index contributed by atoms with van der Waals surface area (Å²) in [5.41, 5.74) is 0. The molecule has 1 saturated carbocycles. The lowest BCUT2D eigenvalue weighted by molar-refractivity contribution is -0.130. The van der Waals surface area contributed by atoms with Crippen LogP contribution in [0.3, 0.4) is 0 Å². The topological polar surface area (TPSA) is 57.5 Å². The minimum atomic E-state index is 0.390. The third kappa shape index (κ3) is 4.58. The molecule has 1 unspecified atom stereocenters. The summed E-state index contributed by atoms with van der Waals surface area (Å²) >= 11 is 0. The zero-order chi connectivity index (χ0) is 17.1. The molecule has 25 heavy (non-hydrogen) atoms. The number of hydrogen-bond acceptors (Lipinski definition) is 5. The van der Waals surface area contributed by atoms with Crippen LogP contribution >= 0.6 is 0 Å². The summed E-state index contributed by atoms with van der Waals surface area (Å²) < 4.78 is 1.90. The highest BCUT2D eigenvalue weighted by Crippen LogP contribution is 2.31. The normalized spacial score (nSPS) is 26.8. The molecule has 1 aromatic heterocycles. The number of hydrogen-bond donors (Lipinski definition) is 0. The van der Waals surface area contributed by atoms with Gasteiger partial charge in [-0.15, -0.1) is 0 Å². The zero-order valence-corrected chi connectivity index (χ0v) is 15.1. The number of piperazine rings is 1. The summed E-state index contributed by atoms with van der Waals surface area (Å²) in [4.78, 5) is 23.6. The predicted octanol–water partition coefficient (Wildman–Crippen LogP) is 0.687. The van der Waals surface area contributed by atoms with Crippen LogP contribution in [0.5, 0.6) is 0 Å². The van der Waals surface area contributed by atoms with Gasteiger partial charge in [0, 0.05) is 58.3 Å². The molecule has 3 fully saturated rings. The number of amides is 1. The fourth-order valence-electron chi connectivity index (χ4n) is 4.14. The highest BCUT2D eigenvalue weighted by Gasteiger charge is 2.31. The molecule has 1 aliphatic carbocycles. The molecule has 7 heteroatoms. The van der Waals surface area contributed by atoms with Gasteiger partial charge in [0.25, 0.3) is 0 Å². The molecule has 1 atom stereocenters. The second-order valence-electron chi connectivity index (χ2n) is 7.80. The summed E-state index contributed by atoms with van der Waals surface area (Å²) in [5.74, 6) is 1.19. The van der Waals surface area contributed by atoms with Crippen molar-refractivity contribution in [3.63, 3.8) is 0 Å². The van der Waals surface area contributed by atoms with Gasteiger partial charge in [0.1, 0.15) is 12.7 Å². The summed E-state index contributed by atoms with van der Waals surface area (Å²) in [6.07, 6.45) is 8.96. The van der Waals surface area contributed by atoms with E-state index in [0.717, 1.165) is 77.5 Å². The molecule has 7 nitrogen and oxygen atoms in total. The Hall–Kier alpha value is -1.47. The molecule has 0 spiro atoms. The highest BCUT2D eigenvalue weighted by atomic mass is 16.2. The van der Waals surface area contributed by atoms with E-state index >= 15 is 0 Å². The smallest absolute Gasteiger partial charge is 0.222 e. The summed E-state index contributed by atoms with van der Waals surface area (Å²) in [6.45, 7) is 8.41. The van der Waals surface area contributed by atoms with Gasteiger partial charge >= 0.3 is 0 Å². The van der Waals surface area contributed by atoms with Crippen molar-refractivity contribution < 1.29 is 4.79 Å². The Morgan fingerprint density at radius 1 is 1.00 bits per heavy atom. The maximum atomic E-state index is 12.3. The van der Waals surface area contributed by atoms with Crippen LogP contribution < -0.4 is 0 Å². The molecule has 3 heterocycles. The molecule has 0 N–H and O–H groups in total. The molecular weight excluding hydrogens is 316 g/mol. The molecular formula is C18H30N6O. The largest absolute Gasteiger partial charge is 0.342 e. The van der Waals surface area contributed by atoms with Crippen molar-refractivity contribution in [3.05, 3.63) is 12.7 Å². The van der Waals surface area contributed by atoms with Crippen LogP contribution in [0.1, 0.15) is 32.1 Å². The van der Waals surface area contributed by atoms with Crippen molar-refractivity contribution in [2.45, 2.75) is 44.7 Å². The van der Waals surface area contributed by atoms with E-state index in [1.165, 1.54) is 12.8 Å². The lowest BCUT2D eigenvalue weighted by atomic mass is 10.1. The molecule has 0 bridgehead atoms. The Morgan fingerprint density at radius 2 is 1.84 bits per heavy atom. The lowest BCUT2D eigenvalue weighted by Gasteiger charge is -2.39. The van der Waals surface area contributed by atoms with Crippen molar-refractivity contribution in [2.75, 3.05) is 45.8 Å². The van der Waals surface area contributed by atoms with Crippen molar-refractivity contribution in [2.24, 2.45) is 5.92 Å². The number of carbonyl (C=O) groups excluding carboxylic acids is 1. The van der Waals surface area contributed by atoms with E-state index in [1.807, 2.05) is 4.68 Å². The van der Waals surface area contributed by atoms with E-state index in [9.17, 15) is 4.79 Å². The van der Waals surface area contributed by atoms with E-state index in [-0.39, 0.29) is 0 Å². The first-order valence-corrected chi connectivity index (χ1v) is 9.84. The quantitative estimate of drug-likeness (QED) is 0.758. The van der Waals surface area contributed by atoms with Crippen LogP contribution in [0.25, 0.3) is 0 Å². The first kappa shape index (κ1) is 17.0. The molecule has 1 amide bonds. The highest BCUT2D eigenvalue weighted by molar-refractivity contribution is 5.76. The van der Waals surface area contributed by atoms with Crippen molar-refractivity contribution >= 4 is 5.91 Å². The van der Waals surface area contributed by atoms with Crippen LogP contribution in [0.4, 0.5) is 0 Å². The molecule has 0 aromatic carbocycles. The third-order valence-corrected chi connectivity index (χ3v) is 5.99. The van der Waals surface area contributed by atoms with Gasteiger partial charge in [-0.05, 0) is 31.6 Å².